The molecular weight excluding hydrogens is 140 g/mol. The highest BCUT2D eigenvalue weighted by Crippen LogP contribution is 2.20. The molecule has 0 radical (unpaired) electrons. The number of carbonyl (C=O) groups is 1. The second-order valence-corrected chi connectivity index (χ2v) is 3.47. The molecule has 2 aliphatic heterocycles. The standard InChI is InChI=1S/C8H14N2O/c11-8-2-1-7(10-8)6-3-4-9-5-6/h6-7,9H,1-5H2,(H,10,11)/t6?,7-/m1/s1. The minimum atomic E-state index is 0.238. The van der Waals surface area contributed by atoms with Crippen LogP contribution >= 0.6 is 0 Å². The second-order valence-electron chi connectivity index (χ2n) is 3.47. The van der Waals surface area contributed by atoms with Gasteiger partial charge in [0, 0.05) is 12.5 Å². The van der Waals surface area contributed by atoms with Crippen molar-refractivity contribution in [1.29, 1.82) is 0 Å². The second kappa shape index (κ2) is 2.81. The largest absolute Gasteiger partial charge is 0.353 e. The van der Waals surface area contributed by atoms with Crippen LogP contribution in [0.5, 0.6) is 0 Å². The van der Waals surface area contributed by atoms with Crippen LogP contribution in [0, 0.1) is 5.92 Å². The topological polar surface area (TPSA) is 41.1 Å². The third kappa shape index (κ3) is 1.38. The monoisotopic (exact) mass is 154 g/mol. The van der Waals surface area contributed by atoms with E-state index in [0.717, 1.165) is 25.9 Å². The molecule has 0 saturated carbocycles. The molecule has 62 valence electrons. The Morgan fingerprint density at radius 3 is 2.82 bits per heavy atom. The van der Waals surface area contributed by atoms with Crippen molar-refractivity contribution in [3.8, 4) is 0 Å². The first-order chi connectivity index (χ1) is 5.36. The van der Waals surface area contributed by atoms with E-state index in [-0.39, 0.29) is 5.91 Å². The van der Waals surface area contributed by atoms with Crippen LogP contribution in [0.4, 0.5) is 0 Å². The van der Waals surface area contributed by atoms with Gasteiger partial charge in [0.25, 0.3) is 0 Å². The summed E-state index contributed by atoms with van der Waals surface area (Å²) in [5, 5.41) is 6.33. The highest BCUT2D eigenvalue weighted by Gasteiger charge is 2.30. The van der Waals surface area contributed by atoms with Gasteiger partial charge in [0.2, 0.25) is 5.91 Å². The first-order valence-electron chi connectivity index (χ1n) is 4.36. The van der Waals surface area contributed by atoms with Crippen molar-refractivity contribution in [1.82, 2.24) is 10.6 Å². The van der Waals surface area contributed by atoms with E-state index < -0.39 is 0 Å². The minimum Gasteiger partial charge on any atom is -0.353 e. The van der Waals surface area contributed by atoms with E-state index in [1.54, 1.807) is 0 Å². The smallest absolute Gasteiger partial charge is 0.220 e. The molecular formula is C8H14N2O. The van der Waals surface area contributed by atoms with Crippen molar-refractivity contribution < 1.29 is 4.79 Å². The third-order valence-corrected chi connectivity index (χ3v) is 2.70. The molecule has 3 nitrogen and oxygen atoms in total. The van der Waals surface area contributed by atoms with E-state index in [1.807, 2.05) is 0 Å². The maximum atomic E-state index is 10.9. The highest BCUT2D eigenvalue weighted by molar-refractivity contribution is 5.78. The number of amides is 1. The van der Waals surface area contributed by atoms with Crippen LogP contribution in [0.2, 0.25) is 0 Å². The first-order valence-corrected chi connectivity index (χ1v) is 4.36. The lowest BCUT2D eigenvalue weighted by atomic mass is 9.98. The maximum Gasteiger partial charge on any atom is 0.220 e. The zero-order chi connectivity index (χ0) is 7.68. The van der Waals surface area contributed by atoms with Gasteiger partial charge in [-0.2, -0.15) is 0 Å². The normalized spacial score (nSPS) is 37.6. The molecule has 11 heavy (non-hydrogen) atoms. The SMILES string of the molecule is O=C1CC[C@H](C2CCNC2)N1. The Bertz CT molecular complexity index is 163. The molecule has 2 saturated heterocycles. The minimum absolute atomic E-state index is 0.238. The molecule has 0 aromatic heterocycles. The van der Waals surface area contributed by atoms with E-state index in [1.165, 1.54) is 6.42 Å². The summed E-state index contributed by atoms with van der Waals surface area (Å²) in [4.78, 5) is 10.9. The van der Waals surface area contributed by atoms with Gasteiger partial charge in [-0.15, -0.1) is 0 Å². The summed E-state index contributed by atoms with van der Waals surface area (Å²) in [6.45, 7) is 2.21. The summed E-state index contributed by atoms with van der Waals surface area (Å²) in [7, 11) is 0. The van der Waals surface area contributed by atoms with Crippen molar-refractivity contribution in [2.24, 2.45) is 5.92 Å². The molecule has 0 spiro atoms. The Hall–Kier alpha value is -0.570. The molecule has 2 atom stereocenters. The molecule has 2 rings (SSSR count). The van der Waals surface area contributed by atoms with Crippen molar-refractivity contribution in [2.45, 2.75) is 25.3 Å². The predicted molar refractivity (Wildman–Crippen MR) is 42.1 cm³/mol. The molecule has 0 aliphatic carbocycles. The zero-order valence-electron chi connectivity index (χ0n) is 6.60. The molecule has 2 aliphatic rings. The lowest BCUT2D eigenvalue weighted by Crippen LogP contribution is -2.33. The van der Waals surface area contributed by atoms with Gasteiger partial charge < -0.3 is 10.6 Å². The number of rotatable bonds is 1. The van der Waals surface area contributed by atoms with E-state index in [9.17, 15) is 4.79 Å². The van der Waals surface area contributed by atoms with Crippen LogP contribution in [0.1, 0.15) is 19.3 Å². The van der Waals surface area contributed by atoms with Crippen molar-refractivity contribution in [3.05, 3.63) is 0 Å². The number of hydrogen-bond donors (Lipinski definition) is 2. The van der Waals surface area contributed by atoms with Gasteiger partial charge in [0.15, 0.2) is 0 Å². The fraction of sp³-hybridized carbons (Fsp3) is 0.875. The maximum absolute atomic E-state index is 10.9. The molecule has 0 aromatic carbocycles. The van der Waals surface area contributed by atoms with Gasteiger partial charge in [-0.25, -0.2) is 0 Å². The molecule has 2 fully saturated rings. The molecule has 2 heterocycles. The number of hydrogen-bond acceptors (Lipinski definition) is 2. The summed E-state index contributed by atoms with van der Waals surface area (Å²) >= 11 is 0. The quantitative estimate of drug-likeness (QED) is 0.552. The summed E-state index contributed by atoms with van der Waals surface area (Å²) in [6, 6.07) is 0.470. The zero-order valence-corrected chi connectivity index (χ0v) is 6.60. The lowest BCUT2D eigenvalue weighted by Gasteiger charge is -2.16. The summed E-state index contributed by atoms with van der Waals surface area (Å²) < 4.78 is 0. The Kier molecular flexibility index (Phi) is 1.82. The Morgan fingerprint density at radius 1 is 1.36 bits per heavy atom. The van der Waals surface area contributed by atoms with E-state index in [0.29, 0.717) is 12.0 Å². The average Bonchev–Trinajstić information content (AvgIpc) is 2.55. The van der Waals surface area contributed by atoms with Gasteiger partial charge in [0.05, 0.1) is 0 Å². The van der Waals surface area contributed by atoms with E-state index in [4.69, 9.17) is 0 Å². The third-order valence-electron chi connectivity index (χ3n) is 2.70. The van der Waals surface area contributed by atoms with Crippen LogP contribution in [-0.2, 0) is 4.79 Å². The van der Waals surface area contributed by atoms with Crippen LogP contribution in [0.25, 0.3) is 0 Å². The fourth-order valence-corrected chi connectivity index (χ4v) is 2.01. The highest BCUT2D eigenvalue weighted by atomic mass is 16.1. The van der Waals surface area contributed by atoms with E-state index in [2.05, 4.69) is 10.6 Å². The first kappa shape index (κ1) is 7.10. The van der Waals surface area contributed by atoms with Crippen LogP contribution in [-0.4, -0.2) is 25.0 Å². The molecule has 0 aromatic rings. The lowest BCUT2D eigenvalue weighted by molar-refractivity contribution is -0.119. The summed E-state index contributed by atoms with van der Waals surface area (Å²) in [5.41, 5.74) is 0. The van der Waals surface area contributed by atoms with Crippen LogP contribution in [0.3, 0.4) is 0 Å². The van der Waals surface area contributed by atoms with Crippen molar-refractivity contribution >= 4 is 5.91 Å². The predicted octanol–water partition coefficient (Wildman–Crippen LogP) is -0.126. The van der Waals surface area contributed by atoms with Crippen LogP contribution < -0.4 is 10.6 Å². The fourth-order valence-electron chi connectivity index (χ4n) is 2.01. The number of carbonyl (C=O) groups excluding carboxylic acids is 1. The Labute approximate surface area is 66.5 Å². The van der Waals surface area contributed by atoms with Gasteiger partial charge in [0.1, 0.15) is 0 Å². The molecule has 3 heteroatoms. The molecule has 2 N–H and O–H groups in total. The number of nitrogens with one attached hydrogen (secondary N) is 2. The van der Waals surface area contributed by atoms with Gasteiger partial charge in [-0.3, -0.25) is 4.79 Å². The van der Waals surface area contributed by atoms with Gasteiger partial charge >= 0.3 is 0 Å². The summed E-state index contributed by atoms with van der Waals surface area (Å²) in [5.74, 6) is 0.934. The van der Waals surface area contributed by atoms with Crippen LogP contribution in [0.15, 0.2) is 0 Å². The Balaban J connectivity index is 1.90. The average molecular weight is 154 g/mol. The molecule has 0 bridgehead atoms. The van der Waals surface area contributed by atoms with Gasteiger partial charge in [-0.05, 0) is 31.8 Å². The van der Waals surface area contributed by atoms with Gasteiger partial charge in [-0.1, -0.05) is 0 Å². The Morgan fingerprint density at radius 2 is 2.27 bits per heavy atom. The molecule has 1 amide bonds. The van der Waals surface area contributed by atoms with Crippen molar-refractivity contribution in [2.75, 3.05) is 13.1 Å². The van der Waals surface area contributed by atoms with E-state index >= 15 is 0 Å². The molecule has 1 unspecified atom stereocenters. The summed E-state index contributed by atoms with van der Waals surface area (Å²) in [6.07, 6.45) is 3.01. The van der Waals surface area contributed by atoms with Crippen molar-refractivity contribution in [3.63, 3.8) is 0 Å².